The molecule has 12 N–H and O–H groups in total. The average Bonchev–Trinajstić information content (AvgIpc) is 3.47. The lowest BCUT2D eigenvalue weighted by Crippen LogP contribution is -2.52. The van der Waals surface area contributed by atoms with Crippen molar-refractivity contribution < 1.29 is 47.8 Å². The number of hydrogen-bond acceptors (Lipinski definition) is 16. The van der Waals surface area contributed by atoms with E-state index in [9.17, 15) is 33.6 Å². The van der Waals surface area contributed by atoms with Gasteiger partial charge >= 0.3 is 17.9 Å². The van der Waals surface area contributed by atoms with Gasteiger partial charge in [-0.3, -0.25) is 33.6 Å². The van der Waals surface area contributed by atoms with E-state index in [0.29, 0.717) is 82.6 Å². The first-order valence-electron chi connectivity index (χ1n) is 32.0. The lowest BCUT2D eigenvalue weighted by molar-refractivity contribution is -0.167. The molecule has 0 spiro atoms. The van der Waals surface area contributed by atoms with Crippen molar-refractivity contribution in [2.75, 3.05) is 57.4 Å². The van der Waals surface area contributed by atoms with Crippen molar-refractivity contribution in [1.82, 2.24) is 21.3 Å². The van der Waals surface area contributed by atoms with Crippen LogP contribution in [0.4, 0.5) is 0 Å². The third kappa shape index (κ3) is 51.9. The van der Waals surface area contributed by atoms with Crippen LogP contribution < -0.4 is 44.2 Å². The fourth-order valence-electron chi connectivity index (χ4n) is 8.68. The van der Waals surface area contributed by atoms with E-state index in [0.717, 1.165) is 77.0 Å². The normalized spacial score (nSPS) is 12.9. The molecule has 0 aromatic rings. The number of unbranched alkanes of at least 4 members (excludes halogenated alkanes) is 22. The van der Waals surface area contributed by atoms with Gasteiger partial charge in [-0.15, -0.1) is 0 Å². The third-order valence-corrected chi connectivity index (χ3v) is 16.2. The van der Waals surface area contributed by atoms with Gasteiger partial charge in [-0.2, -0.15) is 0 Å². The Labute approximate surface area is 503 Å². The molecule has 0 bridgehead atoms. The highest BCUT2D eigenvalue weighted by Gasteiger charge is 2.24. The first-order valence-corrected chi connectivity index (χ1v) is 34.5. The van der Waals surface area contributed by atoms with Gasteiger partial charge < -0.3 is 58.4 Å². The standard InChI is InChI=1S/C62H116N8O10S2/c1-3-5-7-9-11-13-15-17-19-21-23-25-27-29-31-39-57(72)78-50-52(80-59(74)40-32-30-28-26-24-22-20-18-16-14-12-10-8-6-4-2)51-79-58(73)42-41-56(71)67-46-48-81-82-49-47-69-62(77)55(70-61(76)54(66)37-34-44-64)38-35-45-68-60(75)53(65)36-33-43-63/h17-20,52-55H,3-16,21-51,63-66H2,1-2H3,(H,67,71)(H,68,75)(H,69,77)(H,70,76)/t52-,53?,54?,55?/m0/s1. The van der Waals surface area contributed by atoms with Gasteiger partial charge in [0.1, 0.15) is 19.3 Å². The van der Waals surface area contributed by atoms with Crippen LogP contribution in [-0.4, -0.2) is 123 Å². The zero-order valence-electron chi connectivity index (χ0n) is 51.1. The minimum absolute atomic E-state index is 0.0993. The molecule has 82 heavy (non-hydrogen) atoms. The first kappa shape index (κ1) is 78.3. The largest absolute Gasteiger partial charge is 0.462 e. The van der Waals surface area contributed by atoms with Gasteiger partial charge in [-0.05, 0) is 116 Å². The van der Waals surface area contributed by atoms with Crippen LogP contribution in [0.15, 0.2) is 24.3 Å². The van der Waals surface area contributed by atoms with Crippen molar-refractivity contribution in [3.05, 3.63) is 24.3 Å². The Bertz CT molecular complexity index is 1680. The van der Waals surface area contributed by atoms with Crippen molar-refractivity contribution in [1.29, 1.82) is 0 Å². The molecule has 0 aliphatic rings. The maximum Gasteiger partial charge on any atom is 0.306 e. The summed E-state index contributed by atoms with van der Waals surface area (Å²) in [6.45, 7) is 5.74. The number of nitrogens with two attached hydrogens (primary N) is 4. The highest BCUT2D eigenvalue weighted by atomic mass is 33.1. The van der Waals surface area contributed by atoms with E-state index in [-0.39, 0.29) is 75.6 Å². The second kappa shape index (κ2) is 59.1. The number of carbonyl (C=O) groups is 7. The Morgan fingerprint density at radius 3 is 1.33 bits per heavy atom. The molecule has 3 unspecified atom stereocenters. The van der Waals surface area contributed by atoms with Crippen molar-refractivity contribution in [3.63, 3.8) is 0 Å². The number of ether oxygens (including phenoxy) is 3. The highest BCUT2D eigenvalue weighted by molar-refractivity contribution is 8.76. The second-order valence-electron chi connectivity index (χ2n) is 21.5. The summed E-state index contributed by atoms with van der Waals surface area (Å²) in [5, 5.41) is 11.2. The van der Waals surface area contributed by atoms with Crippen molar-refractivity contribution in [2.24, 2.45) is 22.9 Å². The fourth-order valence-corrected chi connectivity index (χ4v) is 10.5. The Hall–Kier alpha value is -3.69. The summed E-state index contributed by atoms with van der Waals surface area (Å²) in [6.07, 6.45) is 41.1. The van der Waals surface area contributed by atoms with Gasteiger partial charge in [0.15, 0.2) is 6.10 Å². The number of nitrogens with one attached hydrogen (secondary N) is 4. The van der Waals surface area contributed by atoms with Crippen LogP contribution in [0, 0.1) is 0 Å². The van der Waals surface area contributed by atoms with E-state index in [1.54, 1.807) is 0 Å². The topological polar surface area (TPSA) is 299 Å². The van der Waals surface area contributed by atoms with Crippen molar-refractivity contribution >= 4 is 63.1 Å². The van der Waals surface area contributed by atoms with E-state index in [4.69, 9.17) is 37.1 Å². The number of carbonyl (C=O) groups excluding carboxylic acids is 7. The zero-order chi connectivity index (χ0) is 60.4. The molecule has 0 fully saturated rings. The second-order valence-corrected chi connectivity index (χ2v) is 24.2. The predicted octanol–water partition coefficient (Wildman–Crippen LogP) is 9.97. The Kier molecular flexibility index (Phi) is 56.4. The summed E-state index contributed by atoms with van der Waals surface area (Å²) < 4.78 is 16.6. The number of hydrogen-bond donors (Lipinski definition) is 8. The molecule has 0 saturated carbocycles. The van der Waals surface area contributed by atoms with E-state index < -0.39 is 42.1 Å². The van der Waals surface area contributed by atoms with Gasteiger partial charge in [-0.25, -0.2) is 0 Å². The summed E-state index contributed by atoms with van der Waals surface area (Å²) in [6, 6.07) is -2.34. The maximum atomic E-state index is 13.1. The number of amides is 4. The van der Waals surface area contributed by atoms with E-state index in [2.05, 4.69) is 59.4 Å². The summed E-state index contributed by atoms with van der Waals surface area (Å²) in [7, 11) is 3.00. The third-order valence-electron chi connectivity index (χ3n) is 13.8. The maximum absolute atomic E-state index is 13.1. The molecule has 0 radical (unpaired) electrons. The molecule has 0 aliphatic carbocycles. The molecule has 0 aromatic heterocycles. The SMILES string of the molecule is CCCCCCCCC=CCCCCCCCC(=O)OC[C@@H](COC(=O)CCC(=O)NCCSSCCNC(=O)C(CCCNC(=O)C(N)CCCN)NC(=O)C(N)CCCN)OC(=O)CCCCCCCC=CCCCCCCCC. The van der Waals surface area contributed by atoms with Gasteiger partial charge in [0.05, 0.1) is 18.5 Å². The summed E-state index contributed by atoms with van der Waals surface area (Å²) in [4.78, 5) is 89.2. The molecule has 0 aromatic carbocycles. The number of allylic oxidation sites excluding steroid dienone is 4. The molecule has 4 atom stereocenters. The molecule has 18 nitrogen and oxygen atoms in total. The van der Waals surface area contributed by atoms with Crippen LogP contribution in [0.3, 0.4) is 0 Å². The zero-order valence-corrected chi connectivity index (χ0v) is 52.8. The van der Waals surface area contributed by atoms with Crippen LogP contribution in [-0.2, 0) is 47.8 Å². The Morgan fingerprint density at radius 2 is 0.841 bits per heavy atom. The first-order chi connectivity index (χ1) is 39.9. The van der Waals surface area contributed by atoms with Crippen molar-refractivity contribution in [3.8, 4) is 0 Å². The molecule has 0 heterocycles. The molecule has 0 saturated heterocycles. The fraction of sp³-hybridized carbons (Fsp3) is 0.823. The molecule has 0 aliphatic heterocycles. The molecule has 4 amide bonds. The van der Waals surface area contributed by atoms with E-state index in [1.807, 2.05) is 0 Å². The quantitative estimate of drug-likeness (QED) is 0.00923. The Balaban J connectivity index is 4.80. The summed E-state index contributed by atoms with van der Waals surface area (Å²) in [5.74, 6) is -1.79. The van der Waals surface area contributed by atoms with Crippen LogP contribution in [0.1, 0.15) is 245 Å². The molecular weight excluding hydrogens is 1080 g/mol. The minimum Gasteiger partial charge on any atom is -0.462 e. The van der Waals surface area contributed by atoms with Gasteiger partial charge in [0.25, 0.3) is 0 Å². The summed E-state index contributed by atoms with van der Waals surface area (Å²) in [5.41, 5.74) is 23.0. The monoisotopic (exact) mass is 1200 g/mol. The molecule has 20 heteroatoms. The van der Waals surface area contributed by atoms with Gasteiger partial charge in [0.2, 0.25) is 23.6 Å². The summed E-state index contributed by atoms with van der Waals surface area (Å²) >= 11 is 0. The predicted molar refractivity (Wildman–Crippen MR) is 338 cm³/mol. The van der Waals surface area contributed by atoms with Crippen LogP contribution >= 0.6 is 21.6 Å². The van der Waals surface area contributed by atoms with E-state index >= 15 is 0 Å². The number of rotatable bonds is 59. The number of esters is 3. The van der Waals surface area contributed by atoms with E-state index in [1.165, 1.54) is 98.6 Å². The molecular formula is C62H116N8O10S2. The smallest absolute Gasteiger partial charge is 0.306 e. The van der Waals surface area contributed by atoms with Crippen molar-refractivity contribution in [2.45, 2.75) is 269 Å². The highest BCUT2D eigenvalue weighted by Crippen LogP contribution is 2.20. The average molecular weight is 1200 g/mol. The van der Waals surface area contributed by atoms with Crippen LogP contribution in [0.5, 0.6) is 0 Å². The Morgan fingerprint density at radius 1 is 0.427 bits per heavy atom. The molecule has 476 valence electrons. The van der Waals surface area contributed by atoms with Gasteiger partial charge in [-0.1, -0.05) is 162 Å². The van der Waals surface area contributed by atoms with Gasteiger partial charge in [0, 0.05) is 50.4 Å². The van der Waals surface area contributed by atoms with Crippen LogP contribution in [0.2, 0.25) is 0 Å². The lowest BCUT2D eigenvalue weighted by atomic mass is 10.1. The lowest BCUT2D eigenvalue weighted by Gasteiger charge is -2.21. The van der Waals surface area contributed by atoms with Crippen LogP contribution in [0.25, 0.3) is 0 Å². The minimum atomic E-state index is -0.963. The molecule has 0 rings (SSSR count).